The Labute approximate surface area is 129 Å². The molecule has 0 unspecified atom stereocenters. The molecule has 2 N–H and O–H groups in total. The molecule has 1 heterocycles. The quantitative estimate of drug-likeness (QED) is 0.841. The Hall–Kier alpha value is -1.88. The van der Waals surface area contributed by atoms with Crippen molar-refractivity contribution in [1.82, 2.24) is 5.32 Å². The molecule has 0 aromatic heterocycles. The van der Waals surface area contributed by atoms with E-state index in [1.807, 2.05) is 12.1 Å². The van der Waals surface area contributed by atoms with Crippen LogP contribution < -0.4 is 5.32 Å². The summed E-state index contributed by atoms with van der Waals surface area (Å²) < 4.78 is 5.36. The van der Waals surface area contributed by atoms with E-state index in [1.54, 1.807) is 6.07 Å². The van der Waals surface area contributed by atoms with Crippen molar-refractivity contribution < 1.29 is 19.4 Å². The highest BCUT2D eigenvalue weighted by atomic mass is 16.5. The fraction of sp³-hybridized carbons (Fsp3) is 0.529. The second kappa shape index (κ2) is 6.48. The lowest BCUT2D eigenvalue weighted by atomic mass is 9.94. The van der Waals surface area contributed by atoms with Gasteiger partial charge in [-0.15, -0.1) is 0 Å². The van der Waals surface area contributed by atoms with Crippen LogP contribution in [0.1, 0.15) is 53.6 Å². The number of nitrogens with one attached hydrogen (secondary N) is 1. The number of carboxylic acid groups (broad SMARTS) is 1. The van der Waals surface area contributed by atoms with E-state index in [0.717, 1.165) is 36.8 Å². The first kappa shape index (κ1) is 15.0. The van der Waals surface area contributed by atoms with E-state index < -0.39 is 11.9 Å². The molecule has 1 aliphatic heterocycles. The highest BCUT2D eigenvalue weighted by Gasteiger charge is 2.30. The maximum Gasteiger partial charge on any atom is 0.308 e. The molecule has 0 bridgehead atoms. The van der Waals surface area contributed by atoms with Crippen LogP contribution in [0.3, 0.4) is 0 Å². The number of hydrogen-bond acceptors (Lipinski definition) is 3. The Morgan fingerprint density at radius 2 is 1.86 bits per heavy atom. The fourth-order valence-electron chi connectivity index (χ4n) is 3.34. The standard InChI is InChI=1S/C17H21NO4/c19-16(11-6-7-12-9-22-10-13(12)8-11)18-15-5-3-1-2-4-14(15)17(20)21/h6-8,14-15H,1-5,9-10H2,(H,18,19)(H,20,21)/t14-,15+/m1/s1. The van der Waals surface area contributed by atoms with E-state index in [4.69, 9.17) is 4.74 Å². The number of ether oxygens (including phenoxy) is 1. The van der Waals surface area contributed by atoms with Gasteiger partial charge in [-0.3, -0.25) is 9.59 Å². The zero-order valence-corrected chi connectivity index (χ0v) is 12.5. The third-order valence-electron chi connectivity index (χ3n) is 4.63. The van der Waals surface area contributed by atoms with Gasteiger partial charge < -0.3 is 15.2 Å². The lowest BCUT2D eigenvalue weighted by Crippen LogP contribution is -2.42. The van der Waals surface area contributed by atoms with Crippen molar-refractivity contribution in [3.63, 3.8) is 0 Å². The zero-order valence-electron chi connectivity index (χ0n) is 12.5. The minimum absolute atomic E-state index is 0.187. The number of benzene rings is 1. The summed E-state index contributed by atoms with van der Waals surface area (Å²) in [5.41, 5.74) is 2.75. The van der Waals surface area contributed by atoms with E-state index in [9.17, 15) is 14.7 Å². The van der Waals surface area contributed by atoms with Gasteiger partial charge in [-0.05, 0) is 36.1 Å². The molecule has 2 aliphatic rings. The van der Waals surface area contributed by atoms with Crippen molar-refractivity contribution in [2.24, 2.45) is 5.92 Å². The first-order valence-corrected chi connectivity index (χ1v) is 7.88. The predicted octanol–water partition coefficient (Wildman–Crippen LogP) is 2.48. The Bertz CT molecular complexity index is 584. The third kappa shape index (κ3) is 3.14. The maximum absolute atomic E-state index is 12.4. The Balaban J connectivity index is 1.73. The largest absolute Gasteiger partial charge is 0.481 e. The summed E-state index contributed by atoms with van der Waals surface area (Å²) in [6.45, 7) is 1.14. The van der Waals surface area contributed by atoms with E-state index in [0.29, 0.717) is 25.2 Å². The van der Waals surface area contributed by atoms with Crippen molar-refractivity contribution >= 4 is 11.9 Å². The second-order valence-electron chi connectivity index (χ2n) is 6.14. The summed E-state index contributed by atoms with van der Waals surface area (Å²) >= 11 is 0. The zero-order chi connectivity index (χ0) is 15.5. The summed E-state index contributed by atoms with van der Waals surface area (Å²) in [4.78, 5) is 23.9. The van der Waals surface area contributed by atoms with Crippen LogP contribution in [0.15, 0.2) is 18.2 Å². The van der Waals surface area contributed by atoms with Gasteiger partial charge in [0.15, 0.2) is 0 Å². The molecule has 1 saturated carbocycles. The lowest BCUT2D eigenvalue weighted by Gasteiger charge is -2.23. The molecule has 1 fully saturated rings. The second-order valence-corrected chi connectivity index (χ2v) is 6.14. The van der Waals surface area contributed by atoms with Crippen LogP contribution in [0.5, 0.6) is 0 Å². The van der Waals surface area contributed by atoms with E-state index in [2.05, 4.69) is 5.32 Å². The molecule has 1 aromatic carbocycles. The van der Waals surface area contributed by atoms with Gasteiger partial charge in [0.2, 0.25) is 0 Å². The van der Waals surface area contributed by atoms with E-state index in [-0.39, 0.29) is 11.9 Å². The first-order chi connectivity index (χ1) is 10.6. The average Bonchev–Trinajstić information content (AvgIpc) is 2.84. The SMILES string of the molecule is O=C(N[C@H]1CCCCC[C@H]1C(=O)O)c1ccc2c(c1)COC2. The molecule has 1 aliphatic carbocycles. The van der Waals surface area contributed by atoms with Gasteiger partial charge in [-0.25, -0.2) is 0 Å². The monoisotopic (exact) mass is 303 g/mol. The first-order valence-electron chi connectivity index (χ1n) is 7.88. The summed E-state index contributed by atoms with van der Waals surface area (Å²) in [5, 5.41) is 12.3. The van der Waals surface area contributed by atoms with Gasteiger partial charge in [0.1, 0.15) is 0 Å². The average molecular weight is 303 g/mol. The van der Waals surface area contributed by atoms with Crippen LogP contribution in [0.25, 0.3) is 0 Å². The summed E-state index contributed by atoms with van der Waals surface area (Å²) in [6, 6.07) is 5.27. The molecule has 2 atom stereocenters. The maximum atomic E-state index is 12.4. The lowest BCUT2D eigenvalue weighted by molar-refractivity contribution is -0.142. The predicted molar refractivity (Wildman–Crippen MR) is 80.4 cm³/mol. The molecule has 3 rings (SSSR count). The number of aliphatic carboxylic acids is 1. The molecule has 0 spiro atoms. The Kier molecular flexibility index (Phi) is 4.43. The molecule has 5 nitrogen and oxygen atoms in total. The number of carboxylic acids is 1. The minimum Gasteiger partial charge on any atom is -0.481 e. The van der Waals surface area contributed by atoms with Gasteiger partial charge in [0, 0.05) is 11.6 Å². The van der Waals surface area contributed by atoms with Crippen molar-refractivity contribution in [2.75, 3.05) is 0 Å². The molecule has 5 heteroatoms. The normalized spacial score (nSPS) is 24.4. The highest BCUT2D eigenvalue weighted by molar-refractivity contribution is 5.95. The van der Waals surface area contributed by atoms with Crippen molar-refractivity contribution in [1.29, 1.82) is 0 Å². The number of carbonyl (C=O) groups excluding carboxylic acids is 1. The van der Waals surface area contributed by atoms with Gasteiger partial charge in [0.05, 0.1) is 19.1 Å². The van der Waals surface area contributed by atoms with Crippen molar-refractivity contribution in [2.45, 2.75) is 51.4 Å². The van der Waals surface area contributed by atoms with Crippen LogP contribution in [-0.4, -0.2) is 23.0 Å². The Morgan fingerprint density at radius 1 is 1.09 bits per heavy atom. The number of carbonyl (C=O) groups is 2. The van der Waals surface area contributed by atoms with Crippen LogP contribution in [-0.2, 0) is 22.7 Å². The van der Waals surface area contributed by atoms with E-state index in [1.165, 1.54) is 0 Å². The van der Waals surface area contributed by atoms with Crippen molar-refractivity contribution in [3.8, 4) is 0 Å². The Morgan fingerprint density at radius 3 is 2.68 bits per heavy atom. The number of rotatable bonds is 3. The molecule has 1 amide bonds. The van der Waals surface area contributed by atoms with Crippen LogP contribution in [0.4, 0.5) is 0 Å². The minimum atomic E-state index is -0.811. The molecular weight excluding hydrogens is 282 g/mol. The van der Waals surface area contributed by atoms with E-state index >= 15 is 0 Å². The van der Waals surface area contributed by atoms with Crippen LogP contribution >= 0.6 is 0 Å². The fourth-order valence-corrected chi connectivity index (χ4v) is 3.34. The topological polar surface area (TPSA) is 75.6 Å². The molecule has 22 heavy (non-hydrogen) atoms. The third-order valence-corrected chi connectivity index (χ3v) is 4.63. The molecule has 0 saturated heterocycles. The number of amides is 1. The summed E-state index contributed by atoms with van der Waals surface area (Å²) in [5.74, 6) is -1.48. The van der Waals surface area contributed by atoms with Gasteiger partial charge in [-0.1, -0.05) is 25.3 Å². The number of hydrogen-bond donors (Lipinski definition) is 2. The summed E-state index contributed by atoms with van der Waals surface area (Å²) in [6.07, 6.45) is 4.29. The molecule has 0 radical (unpaired) electrons. The van der Waals surface area contributed by atoms with Gasteiger partial charge >= 0.3 is 5.97 Å². The van der Waals surface area contributed by atoms with Crippen LogP contribution in [0, 0.1) is 5.92 Å². The number of fused-ring (bicyclic) bond motifs is 1. The van der Waals surface area contributed by atoms with Crippen molar-refractivity contribution in [3.05, 3.63) is 34.9 Å². The smallest absolute Gasteiger partial charge is 0.308 e. The van der Waals surface area contributed by atoms with Crippen LogP contribution in [0.2, 0.25) is 0 Å². The summed E-state index contributed by atoms with van der Waals surface area (Å²) in [7, 11) is 0. The molecular formula is C17H21NO4. The highest BCUT2D eigenvalue weighted by Crippen LogP contribution is 2.25. The molecule has 118 valence electrons. The molecule has 1 aromatic rings. The van der Waals surface area contributed by atoms with Gasteiger partial charge in [-0.2, -0.15) is 0 Å². The van der Waals surface area contributed by atoms with Gasteiger partial charge in [0.25, 0.3) is 5.91 Å².